The molecule has 3 aromatic rings. The standard InChI is InChI=1S/C27H25FN2O4/c28-23-15-8-7-14-22(23)18-24(30-26(32)21-12-5-2-6-13-21)27(33)29-17-9-16-25(31)34-19-20-10-3-1-4-11-20/h1-8,10-15,18H,9,16-17,19H2,(H,29,33)(H,30,32). The number of esters is 1. The smallest absolute Gasteiger partial charge is 0.306 e. The maximum absolute atomic E-state index is 14.1. The second-order valence-electron chi connectivity index (χ2n) is 7.41. The lowest BCUT2D eigenvalue weighted by Crippen LogP contribution is -2.35. The molecule has 0 bridgehead atoms. The molecule has 0 saturated carbocycles. The summed E-state index contributed by atoms with van der Waals surface area (Å²) in [6.45, 7) is 0.363. The fourth-order valence-electron chi connectivity index (χ4n) is 3.03. The number of halogens is 1. The lowest BCUT2D eigenvalue weighted by Gasteiger charge is -2.11. The Kier molecular flexibility index (Phi) is 9.10. The molecule has 174 valence electrons. The van der Waals surface area contributed by atoms with Crippen LogP contribution in [0, 0.1) is 5.82 Å². The summed E-state index contributed by atoms with van der Waals surface area (Å²) in [5.74, 6) is -1.99. The average molecular weight is 461 g/mol. The fraction of sp³-hybridized carbons (Fsp3) is 0.148. The van der Waals surface area contributed by atoms with Crippen LogP contribution in [0.3, 0.4) is 0 Å². The van der Waals surface area contributed by atoms with Gasteiger partial charge in [-0.2, -0.15) is 0 Å². The van der Waals surface area contributed by atoms with Crippen LogP contribution in [-0.2, 0) is 20.9 Å². The van der Waals surface area contributed by atoms with E-state index in [1.807, 2.05) is 30.3 Å². The molecule has 3 aromatic carbocycles. The van der Waals surface area contributed by atoms with Crippen LogP contribution in [0.4, 0.5) is 4.39 Å². The molecule has 0 radical (unpaired) electrons. The summed E-state index contributed by atoms with van der Waals surface area (Å²) < 4.78 is 19.3. The Hall–Kier alpha value is -4.26. The molecule has 2 N–H and O–H groups in total. The molecule has 0 heterocycles. The van der Waals surface area contributed by atoms with Crippen LogP contribution >= 0.6 is 0 Å². The van der Waals surface area contributed by atoms with Gasteiger partial charge in [0.25, 0.3) is 11.8 Å². The van der Waals surface area contributed by atoms with E-state index in [2.05, 4.69) is 10.6 Å². The molecule has 0 aliphatic rings. The van der Waals surface area contributed by atoms with E-state index >= 15 is 0 Å². The van der Waals surface area contributed by atoms with E-state index in [9.17, 15) is 18.8 Å². The van der Waals surface area contributed by atoms with E-state index in [1.54, 1.807) is 36.4 Å². The number of hydrogen-bond acceptors (Lipinski definition) is 4. The monoisotopic (exact) mass is 460 g/mol. The SMILES string of the molecule is O=C(CCCNC(=O)C(=Cc1ccccc1F)NC(=O)c1ccccc1)OCc1ccccc1. The van der Waals surface area contributed by atoms with Crippen molar-refractivity contribution in [1.29, 1.82) is 0 Å². The molecule has 0 unspecified atom stereocenters. The van der Waals surface area contributed by atoms with Gasteiger partial charge in [0, 0.05) is 24.1 Å². The van der Waals surface area contributed by atoms with E-state index in [0.717, 1.165) is 5.56 Å². The second-order valence-corrected chi connectivity index (χ2v) is 7.41. The van der Waals surface area contributed by atoms with Crippen molar-refractivity contribution in [1.82, 2.24) is 10.6 Å². The lowest BCUT2D eigenvalue weighted by atomic mass is 10.1. The van der Waals surface area contributed by atoms with E-state index in [1.165, 1.54) is 24.3 Å². The first kappa shape index (κ1) is 24.4. The number of rotatable bonds is 10. The van der Waals surface area contributed by atoms with Crippen molar-refractivity contribution >= 4 is 23.9 Å². The van der Waals surface area contributed by atoms with Gasteiger partial charge in [-0.05, 0) is 36.3 Å². The Labute approximate surface area is 197 Å². The maximum atomic E-state index is 14.1. The van der Waals surface area contributed by atoms with Gasteiger partial charge in [-0.1, -0.05) is 66.7 Å². The lowest BCUT2D eigenvalue weighted by molar-refractivity contribution is -0.145. The minimum atomic E-state index is -0.592. The van der Waals surface area contributed by atoms with Gasteiger partial charge in [0.15, 0.2) is 0 Å². The summed E-state index contributed by atoms with van der Waals surface area (Å²) in [6, 6.07) is 23.6. The number of carbonyl (C=O) groups is 3. The highest BCUT2D eigenvalue weighted by atomic mass is 19.1. The van der Waals surface area contributed by atoms with Crippen molar-refractivity contribution in [2.75, 3.05) is 6.54 Å². The number of hydrogen-bond donors (Lipinski definition) is 2. The van der Waals surface area contributed by atoms with Gasteiger partial charge in [-0.15, -0.1) is 0 Å². The van der Waals surface area contributed by atoms with Gasteiger partial charge in [-0.25, -0.2) is 4.39 Å². The third-order valence-corrected chi connectivity index (χ3v) is 4.82. The first-order valence-electron chi connectivity index (χ1n) is 10.8. The van der Waals surface area contributed by atoms with Crippen molar-refractivity contribution in [3.05, 3.63) is 113 Å². The maximum Gasteiger partial charge on any atom is 0.306 e. The van der Waals surface area contributed by atoms with Crippen LogP contribution in [-0.4, -0.2) is 24.3 Å². The zero-order chi connectivity index (χ0) is 24.2. The highest BCUT2D eigenvalue weighted by molar-refractivity contribution is 6.05. The number of amides is 2. The zero-order valence-electron chi connectivity index (χ0n) is 18.5. The van der Waals surface area contributed by atoms with Gasteiger partial charge >= 0.3 is 5.97 Å². The van der Waals surface area contributed by atoms with Crippen molar-refractivity contribution in [2.45, 2.75) is 19.4 Å². The van der Waals surface area contributed by atoms with Crippen molar-refractivity contribution in [3.63, 3.8) is 0 Å². The third-order valence-electron chi connectivity index (χ3n) is 4.82. The first-order valence-corrected chi connectivity index (χ1v) is 10.8. The summed E-state index contributed by atoms with van der Waals surface area (Å²) >= 11 is 0. The van der Waals surface area contributed by atoms with Crippen LogP contribution in [0.5, 0.6) is 0 Å². The minimum absolute atomic E-state index is 0.106. The molecule has 7 heteroatoms. The van der Waals surface area contributed by atoms with Gasteiger partial charge in [0.1, 0.15) is 18.1 Å². The van der Waals surface area contributed by atoms with Gasteiger partial charge in [0.05, 0.1) is 0 Å². The Morgan fingerprint density at radius 3 is 2.21 bits per heavy atom. The molecule has 3 rings (SSSR count). The quantitative estimate of drug-likeness (QED) is 0.269. The molecule has 0 aromatic heterocycles. The third kappa shape index (κ3) is 7.70. The predicted octanol–water partition coefficient (Wildman–Crippen LogP) is 4.24. The number of carbonyl (C=O) groups excluding carboxylic acids is 3. The molecule has 2 amide bonds. The van der Waals surface area contributed by atoms with Crippen LogP contribution in [0.25, 0.3) is 6.08 Å². The van der Waals surface area contributed by atoms with E-state index in [4.69, 9.17) is 4.74 Å². The molecule has 0 fully saturated rings. The van der Waals surface area contributed by atoms with Crippen LogP contribution < -0.4 is 10.6 Å². The molecule has 0 saturated heterocycles. The Bertz CT molecular complexity index is 1150. The number of ether oxygens (including phenoxy) is 1. The highest BCUT2D eigenvalue weighted by Gasteiger charge is 2.15. The Morgan fingerprint density at radius 2 is 1.50 bits per heavy atom. The molecule has 0 spiro atoms. The molecule has 0 aliphatic carbocycles. The van der Waals surface area contributed by atoms with Gasteiger partial charge < -0.3 is 15.4 Å². The number of benzene rings is 3. The topological polar surface area (TPSA) is 84.5 Å². The molecule has 0 aliphatic heterocycles. The van der Waals surface area contributed by atoms with Crippen LogP contribution in [0.15, 0.2) is 90.6 Å². The fourth-order valence-corrected chi connectivity index (χ4v) is 3.03. The first-order chi connectivity index (χ1) is 16.5. The zero-order valence-corrected chi connectivity index (χ0v) is 18.5. The summed E-state index contributed by atoms with van der Waals surface area (Å²) in [6.07, 6.45) is 1.74. The van der Waals surface area contributed by atoms with Crippen molar-refractivity contribution < 1.29 is 23.5 Å². The van der Waals surface area contributed by atoms with E-state index < -0.39 is 17.6 Å². The minimum Gasteiger partial charge on any atom is -0.461 e. The molecule has 6 nitrogen and oxygen atoms in total. The van der Waals surface area contributed by atoms with Crippen molar-refractivity contribution in [3.8, 4) is 0 Å². The van der Waals surface area contributed by atoms with Gasteiger partial charge in [-0.3, -0.25) is 14.4 Å². The van der Waals surface area contributed by atoms with Crippen LogP contribution in [0.2, 0.25) is 0 Å². The Balaban J connectivity index is 1.56. The normalized spacial score (nSPS) is 10.9. The molecule has 0 atom stereocenters. The molecular formula is C27H25FN2O4. The van der Waals surface area contributed by atoms with E-state index in [0.29, 0.717) is 12.0 Å². The van der Waals surface area contributed by atoms with E-state index in [-0.39, 0.29) is 36.8 Å². The average Bonchev–Trinajstić information content (AvgIpc) is 2.87. The summed E-state index contributed by atoms with van der Waals surface area (Å²) in [5, 5.41) is 5.21. The summed E-state index contributed by atoms with van der Waals surface area (Å²) in [4.78, 5) is 37.2. The van der Waals surface area contributed by atoms with Gasteiger partial charge in [0.2, 0.25) is 0 Å². The highest BCUT2D eigenvalue weighted by Crippen LogP contribution is 2.12. The summed E-state index contributed by atoms with van der Waals surface area (Å²) in [5.41, 5.74) is 1.30. The predicted molar refractivity (Wildman–Crippen MR) is 127 cm³/mol. The van der Waals surface area contributed by atoms with Crippen molar-refractivity contribution in [2.24, 2.45) is 0 Å². The largest absolute Gasteiger partial charge is 0.461 e. The van der Waals surface area contributed by atoms with Crippen LogP contribution in [0.1, 0.15) is 34.3 Å². The molecular weight excluding hydrogens is 435 g/mol. The molecule has 34 heavy (non-hydrogen) atoms. The second kappa shape index (κ2) is 12.7. The summed E-state index contributed by atoms with van der Waals surface area (Å²) in [7, 11) is 0. The number of nitrogens with one attached hydrogen (secondary N) is 2. The Morgan fingerprint density at radius 1 is 0.853 bits per heavy atom.